The molecule has 0 amide bonds. The van der Waals surface area contributed by atoms with E-state index in [0.717, 1.165) is 13.0 Å². The first-order valence-electron chi connectivity index (χ1n) is 10.6. The Kier molecular flexibility index (Phi) is 5.95. The van der Waals surface area contributed by atoms with Crippen molar-refractivity contribution in [3.8, 4) is 0 Å². The van der Waals surface area contributed by atoms with E-state index < -0.39 is 12.0 Å². The maximum absolute atomic E-state index is 9.26. The Labute approximate surface area is 176 Å². The first-order chi connectivity index (χ1) is 14.3. The number of nitrogens with one attached hydrogen (secondary N) is 1. The molecule has 2 aliphatic rings. The van der Waals surface area contributed by atoms with Crippen LogP contribution in [0.25, 0.3) is 11.2 Å². The van der Waals surface area contributed by atoms with Crippen molar-refractivity contribution in [1.29, 1.82) is 0 Å². The highest BCUT2D eigenvalue weighted by Crippen LogP contribution is 2.44. The third-order valence-electron chi connectivity index (χ3n) is 5.74. The fourth-order valence-corrected chi connectivity index (χ4v) is 4.32. The summed E-state index contributed by atoms with van der Waals surface area (Å²) in [6, 6.07) is 0.327. The first-order valence-corrected chi connectivity index (χ1v) is 10.6. The minimum atomic E-state index is -0.690. The molecule has 2 saturated heterocycles. The second-order valence-electron chi connectivity index (χ2n) is 8.59. The molecule has 2 aliphatic heterocycles. The zero-order valence-electron chi connectivity index (χ0n) is 18.3. The molecule has 0 spiro atoms. The lowest BCUT2D eigenvalue weighted by atomic mass is 10.1. The average molecular weight is 421 g/mol. The van der Waals surface area contributed by atoms with Crippen LogP contribution in [0.2, 0.25) is 0 Å². The Morgan fingerprint density at radius 2 is 2.00 bits per heavy atom. The molecule has 10 nitrogen and oxygen atoms in total. The molecule has 0 bridgehead atoms. The van der Waals surface area contributed by atoms with Gasteiger partial charge in [0.15, 0.2) is 23.5 Å². The number of aliphatic hydroxyl groups is 1. The smallest absolute Gasteiger partial charge is 0.167 e. The van der Waals surface area contributed by atoms with Crippen molar-refractivity contribution in [2.75, 3.05) is 32.1 Å². The van der Waals surface area contributed by atoms with Crippen LogP contribution in [-0.2, 0) is 14.2 Å². The summed E-state index contributed by atoms with van der Waals surface area (Å²) in [7, 11) is 1.81. The van der Waals surface area contributed by atoms with E-state index in [9.17, 15) is 5.11 Å². The van der Waals surface area contributed by atoms with Gasteiger partial charge in [-0.25, -0.2) is 15.0 Å². The third-order valence-corrected chi connectivity index (χ3v) is 5.74. The largest absolute Gasteiger partial charge is 0.396 e. The van der Waals surface area contributed by atoms with Gasteiger partial charge >= 0.3 is 0 Å². The Morgan fingerprint density at radius 3 is 2.70 bits per heavy atom. The van der Waals surface area contributed by atoms with Gasteiger partial charge in [0, 0.05) is 32.8 Å². The number of anilines is 1. The van der Waals surface area contributed by atoms with Crippen LogP contribution in [0, 0.1) is 0 Å². The molecule has 2 fully saturated rings. The Morgan fingerprint density at radius 1 is 1.23 bits per heavy atom. The molecule has 0 aromatic carbocycles. The van der Waals surface area contributed by atoms with Crippen LogP contribution < -0.4 is 5.32 Å². The predicted octanol–water partition coefficient (Wildman–Crippen LogP) is 1.38. The summed E-state index contributed by atoms with van der Waals surface area (Å²) in [5.41, 5.74) is 1.38. The van der Waals surface area contributed by atoms with Crippen LogP contribution in [0.15, 0.2) is 12.7 Å². The molecule has 4 heterocycles. The highest BCUT2D eigenvalue weighted by Gasteiger charge is 2.56. The third kappa shape index (κ3) is 3.90. The number of nitrogens with zero attached hydrogens (tertiary/aromatic N) is 5. The van der Waals surface area contributed by atoms with Crippen LogP contribution in [0.5, 0.6) is 0 Å². The normalized spacial score (nSPS) is 28.0. The van der Waals surface area contributed by atoms with E-state index in [4.69, 9.17) is 14.2 Å². The highest BCUT2D eigenvalue weighted by molar-refractivity contribution is 5.82. The van der Waals surface area contributed by atoms with Crippen molar-refractivity contribution >= 4 is 17.0 Å². The number of fused-ring (bicyclic) bond motifs is 2. The quantitative estimate of drug-likeness (QED) is 0.655. The van der Waals surface area contributed by atoms with E-state index in [2.05, 4.69) is 39.0 Å². The molecule has 0 radical (unpaired) electrons. The second kappa shape index (κ2) is 8.35. The van der Waals surface area contributed by atoms with E-state index in [0.29, 0.717) is 29.6 Å². The first kappa shape index (κ1) is 21.4. The molecule has 2 N–H and O–H groups in total. The summed E-state index contributed by atoms with van der Waals surface area (Å²) in [5.74, 6) is -0.0195. The number of ether oxygens (including phenoxy) is 3. The van der Waals surface area contributed by atoms with Gasteiger partial charge in [0.1, 0.15) is 30.2 Å². The molecule has 10 heteroatoms. The molecule has 4 atom stereocenters. The number of rotatable bonds is 8. The van der Waals surface area contributed by atoms with Gasteiger partial charge in [-0.1, -0.05) is 0 Å². The van der Waals surface area contributed by atoms with E-state index in [-0.39, 0.29) is 24.9 Å². The monoisotopic (exact) mass is 420 g/mol. The number of imidazole rings is 1. The van der Waals surface area contributed by atoms with Crippen LogP contribution in [0.3, 0.4) is 0 Å². The Hall–Kier alpha value is -1.85. The van der Waals surface area contributed by atoms with Crippen molar-refractivity contribution in [1.82, 2.24) is 24.4 Å². The zero-order valence-corrected chi connectivity index (χ0v) is 18.3. The lowest BCUT2D eigenvalue weighted by Gasteiger charge is -2.31. The van der Waals surface area contributed by atoms with Gasteiger partial charge in [-0.05, 0) is 34.1 Å². The van der Waals surface area contributed by atoms with Crippen LogP contribution in [-0.4, -0.2) is 86.4 Å². The molecule has 2 aromatic heterocycles. The number of hydrogen-bond donors (Lipinski definition) is 2. The van der Waals surface area contributed by atoms with Gasteiger partial charge in [-0.2, -0.15) is 0 Å². The van der Waals surface area contributed by atoms with Crippen molar-refractivity contribution in [3.63, 3.8) is 0 Å². The summed E-state index contributed by atoms with van der Waals surface area (Å²) >= 11 is 0. The molecule has 0 saturated carbocycles. The Bertz CT molecular complexity index is 872. The van der Waals surface area contributed by atoms with Gasteiger partial charge in [-0.15, -0.1) is 0 Å². The highest BCUT2D eigenvalue weighted by atomic mass is 16.8. The summed E-state index contributed by atoms with van der Waals surface area (Å²) in [6.45, 7) is 9.82. The van der Waals surface area contributed by atoms with Gasteiger partial charge in [0.05, 0.1) is 6.33 Å². The molecule has 166 valence electrons. The maximum atomic E-state index is 9.26. The molecular weight excluding hydrogens is 388 g/mol. The second-order valence-corrected chi connectivity index (χ2v) is 8.59. The van der Waals surface area contributed by atoms with Crippen molar-refractivity contribution < 1.29 is 19.3 Å². The average Bonchev–Trinajstić information content (AvgIpc) is 3.35. The van der Waals surface area contributed by atoms with Gasteiger partial charge in [-0.3, -0.25) is 9.47 Å². The summed E-state index contributed by atoms with van der Waals surface area (Å²) < 4.78 is 20.9. The van der Waals surface area contributed by atoms with E-state index >= 15 is 0 Å². The lowest BCUT2D eigenvalue weighted by molar-refractivity contribution is -0.198. The molecule has 4 rings (SSSR count). The fourth-order valence-electron chi connectivity index (χ4n) is 4.32. The lowest BCUT2D eigenvalue weighted by Crippen LogP contribution is -2.43. The summed E-state index contributed by atoms with van der Waals surface area (Å²) in [4.78, 5) is 15.5. The van der Waals surface area contributed by atoms with E-state index in [1.54, 1.807) is 6.33 Å². The zero-order chi connectivity index (χ0) is 21.5. The van der Waals surface area contributed by atoms with Crippen molar-refractivity contribution in [2.45, 2.75) is 70.5 Å². The topological polar surface area (TPSA) is 107 Å². The van der Waals surface area contributed by atoms with Gasteiger partial charge in [0.2, 0.25) is 0 Å². The predicted molar refractivity (Wildman–Crippen MR) is 111 cm³/mol. The molecule has 0 aliphatic carbocycles. The van der Waals surface area contributed by atoms with Crippen LogP contribution in [0.1, 0.15) is 40.3 Å². The summed E-state index contributed by atoms with van der Waals surface area (Å²) in [5, 5.41) is 12.3. The van der Waals surface area contributed by atoms with Crippen molar-refractivity contribution in [3.05, 3.63) is 12.7 Å². The summed E-state index contributed by atoms with van der Waals surface area (Å²) in [6.07, 6.45) is 2.91. The Balaban J connectivity index is 1.63. The standard InChI is InChI=1S/C20H32N6O4/c1-12(2)25(7-6-8-27)9-13-15-16(30-20(3,4)29-15)19(28-13)26-11-24-14-17(21-5)22-10-23-18(14)26/h10-13,15-16,19,27H,6-9H2,1-5H3,(H,21,22,23)/t13-,15-,16-,19-/m1/s1. The fraction of sp³-hybridized carbons (Fsp3) is 0.750. The van der Waals surface area contributed by atoms with Crippen molar-refractivity contribution in [2.24, 2.45) is 0 Å². The molecule has 2 aromatic rings. The van der Waals surface area contributed by atoms with E-state index in [1.807, 2.05) is 25.5 Å². The maximum Gasteiger partial charge on any atom is 0.167 e. The van der Waals surface area contributed by atoms with E-state index in [1.165, 1.54) is 6.33 Å². The molecule has 0 unspecified atom stereocenters. The number of aliphatic hydroxyl groups excluding tert-OH is 1. The minimum Gasteiger partial charge on any atom is -0.396 e. The SMILES string of the molecule is CNc1ncnc2c1ncn2[C@@H]1O[C@H](CN(CCCO)C(C)C)[C@H]2OC(C)(C)O[C@H]21. The molecule has 30 heavy (non-hydrogen) atoms. The number of hydrogen-bond acceptors (Lipinski definition) is 9. The molecular formula is C20H32N6O4. The van der Waals surface area contributed by atoms with Crippen LogP contribution in [0.4, 0.5) is 5.82 Å². The van der Waals surface area contributed by atoms with Crippen LogP contribution >= 0.6 is 0 Å². The number of aromatic nitrogens is 4. The van der Waals surface area contributed by atoms with Gasteiger partial charge in [0.25, 0.3) is 0 Å². The van der Waals surface area contributed by atoms with Gasteiger partial charge < -0.3 is 24.6 Å². The minimum absolute atomic E-state index is 0.171.